The molecule has 0 spiro atoms. The van der Waals surface area contributed by atoms with Crippen LogP contribution < -0.4 is 0 Å². The summed E-state index contributed by atoms with van der Waals surface area (Å²) in [4.78, 5) is 11.5. The quantitative estimate of drug-likeness (QED) is 0.638. The molecule has 0 atom stereocenters. The molecule has 0 saturated carbocycles. The maximum atomic E-state index is 10.6. The summed E-state index contributed by atoms with van der Waals surface area (Å²) in [6.07, 6.45) is 1.83. The van der Waals surface area contributed by atoms with Crippen molar-refractivity contribution in [1.82, 2.24) is 0 Å². The smallest absolute Gasteiger partial charge is 0.160 e. The summed E-state index contributed by atoms with van der Waals surface area (Å²) in [6, 6.07) is 10.4. The molecule has 1 aromatic carbocycles. The summed E-state index contributed by atoms with van der Waals surface area (Å²) in [6.45, 7) is 0. The van der Waals surface area contributed by atoms with Crippen LogP contribution in [-0.4, -0.2) is 6.29 Å². The van der Waals surface area contributed by atoms with E-state index in [0.717, 1.165) is 17.6 Å². The lowest BCUT2D eigenvalue weighted by Crippen LogP contribution is -1.83. The third-order valence-electron chi connectivity index (χ3n) is 2.75. The van der Waals surface area contributed by atoms with Crippen LogP contribution in [-0.2, 0) is 6.42 Å². The number of carbonyl (C=O) groups is 1. The Morgan fingerprint density at radius 2 is 2.00 bits per heavy atom. The second-order valence-corrected chi connectivity index (χ2v) is 5.76. The topological polar surface area (TPSA) is 17.1 Å². The van der Waals surface area contributed by atoms with E-state index >= 15 is 0 Å². The Labute approximate surface area is 107 Å². The van der Waals surface area contributed by atoms with Crippen LogP contribution in [0.4, 0.5) is 0 Å². The highest BCUT2D eigenvalue weighted by Gasteiger charge is 2.05. The molecule has 84 valence electrons. The van der Waals surface area contributed by atoms with Gasteiger partial charge < -0.3 is 0 Å². The van der Waals surface area contributed by atoms with Gasteiger partial charge in [-0.25, -0.2) is 0 Å². The molecule has 0 radical (unpaired) electrons. The number of fused-ring (bicyclic) bond motifs is 1. The van der Waals surface area contributed by atoms with Gasteiger partial charge in [0.15, 0.2) is 6.29 Å². The maximum absolute atomic E-state index is 10.6. The average Bonchev–Trinajstić information content (AvgIpc) is 2.97. The first-order valence-electron chi connectivity index (χ1n) is 5.34. The van der Waals surface area contributed by atoms with Crippen LogP contribution >= 0.6 is 22.7 Å². The molecule has 0 bridgehead atoms. The van der Waals surface area contributed by atoms with Crippen LogP contribution in [0.1, 0.15) is 20.8 Å². The van der Waals surface area contributed by atoms with Crippen LogP contribution in [0.2, 0.25) is 0 Å². The number of hydrogen-bond acceptors (Lipinski definition) is 3. The van der Waals surface area contributed by atoms with Crippen molar-refractivity contribution in [3.8, 4) is 0 Å². The monoisotopic (exact) mass is 258 g/mol. The van der Waals surface area contributed by atoms with Crippen molar-refractivity contribution in [2.24, 2.45) is 0 Å². The fraction of sp³-hybridized carbons (Fsp3) is 0.0714. The minimum absolute atomic E-state index is 0.805. The van der Waals surface area contributed by atoms with Gasteiger partial charge in [-0.05, 0) is 45.8 Å². The average molecular weight is 258 g/mol. The SMILES string of the molecule is O=Cc1cc(Cc2csc3ccccc23)cs1. The highest BCUT2D eigenvalue weighted by molar-refractivity contribution is 7.17. The summed E-state index contributed by atoms with van der Waals surface area (Å²) < 4.78 is 1.33. The van der Waals surface area contributed by atoms with Crippen molar-refractivity contribution < 1.29 is 4.79 Å². The normalized spacial score (nSPS) is 10.8. The second-order valence-electron chi connectivity index (χ2n) is 3.91. The minimum Gasteiger partial charge on any atom is -0.297 e. The standard InChI is InChI=1S/C14H10OS2/c15-7-12-6-10(8-16-12)5-11-9-17-14-4-2-1-3-13(11)14/h1-4,6-9H,5H2. The van der Waals surface area contributed by atoms with Gasteiger partial charge in [0.2, 0.25) is 0 Å². The van der Waals surface area contributed by atoms with E-state index in [0.29, 0.717) is 0 Å². The summed E-state index contributed by atoms with van der Waals surface area (Å²) in [5.41, 5.74) is 2.57. The van der Waals surface area contributed by atoms with E-state index in [1.165, 1.54) is 32.5 Å². The van der Waals surface area contributed by atoms with Crippen molar-refractivity contribution in [3.63, 3.8) is 0 Å². The van der Waals surface area contributed by atoms with Gasteiger partial charge in [0.05, 0.1) is 4.88 Å². The molecule has 1 nitrogen and oxygen atoms in total. The van der Waals surface area contributed by atoms with Gasteiger partial charge in [-0.1, -0.05) is 18.2 Å². The highest BCUT2D eigenvalue weighted by Crippen LogP contribution is 2.28. The lowest BCUT2D eigenvalue weighted by molar-refractivity contribution is 0.112. The molecule has 0 aliphatic carbocycles. The number of thiophene rings is 2. The molecule has 0 saturated heterocycles. The summed E-state index contributed by atoms with van der Waals surface area (Å²) in [7, 11) is 0. The van der Waals surface area contributed by atoms with Crippen molar-refractivity contribution in [2.45, 2.75) is 6.42 Å². The van der Waals surface area contributed by atoms with Gasteiger partial charge in [-0.3, -0.25) is 4.79 Å². The lowest BCUT2D eigenvalue weighted by atomic mass is 10.1. The summed E-state index contributed by atoms with van der Waals surface area (Å²) in [5, 5.41) is 5.61. The minimum atomic E-state index is 0.805. The zero-order valence-corrected chi connectivity index (χ0v) is 10.7. The molecule has 3 rings (SSSR count). The van der Waals surface area contributed by atoms with Gasteiger partial charge in [0.25, 0.3) is 0 Å². The van der Waals surface area contributed by atoms with Crippen molar-refractivity contribution >= 4 is 39.0 Å². The van der Waals surface area contributed by atoms with Gasteiger partial charge in [0.1, 0.15) is 0 Å². The molecule has 17 heavy (non-hydrogen) atoms. The van der Waals surface area contributed by atoms with E-state index in [9.17, 15) is 4.79 Å². The predicted octanol–water partition coefficient (Wildman–Crippen LogP) is 4.37. The molecule has 3 aromatic rings. The predicted molar refractivity (Wildman–Crippen MR) is 74.3 cm³/mol. The van der Waals surface area contributed by atoms with E-state index in [1.54, 1.807) is 11.3 Å². The Balaban J connectivity index is 1.96. The van der Waals surface area contributed by atoms with E-state index in [-0.39, 0.29) is 0 Å². The fourth-order valence-corrected chi connectivity index (χ4v) is 3.62. The van der Waals surface area contributed by atoms with Crippen LogP contribution in [0.3, 0.4) is 0 Å². The molecular formula is C14H10OS2. The first-order chi connectivity index (χ1) is 8.36. The Kier molecular flexibility index (Phi) is 2.79. The highest BCUT2D eigenvalue weighted by atomic mass is 32.1. The van der Waals surface area contributed by atoms with Crippen LogP contribution in [0, 0.1) is 0 Å². The number of rotatable bonds is 3. The molecule has 0 fully saturated rings. The number of hydrogen-bond donors (Lipinski definition) is 0. The van der Waals surface area contributed by atoms with Crippen LogP contribution in [0.5, 0.6) is 0 Å². The van der Waals surface area contributed by atoms with Gasteiger partial charge in [-0.2, -0.15) is 0 Å². The van der Waals surface area contributed by atoms with Gasteiger partial charge in [-0.15, -0.1) is 22.7 Å². The molecule has 3 heteroatoms. The van der Waals surface area contributed by atoms with Crippen LogP contribution in [0.15, 0.2) is 41.1 Å². The van der Waals surface area contributed by atoms with E-state index in [4.69, 9.17) is 0 Å². The molecule has 0 N–H and O–H groups in total. The molecular weight excluding hydrogens is 248 g/mol. The first kappa shape index (κ1) is 10.7. The fourth-order valence-electron chi connectivity index (χ4n) is 1.94. The Hall–Kier alpha value is -1.45. The third kappa shape index (κ3) is 2.04. The van der Waals surface area contributed by atoms with Crippen LogP contribution in [0.25, 0.3) is 10.1 Å². The Morgan fingerprint density at radius 1 is 1.12 bits per heavy atom. The molecule has 0 aliphatic heterocycles. The molecule has 0 unspecified atom stereocenters. The largest absolute Gasteiger partial charge is 0.297 e. The van der Waals surface area contributed by atoms with Gasteiger partial charge >= 0.3 is 0 Å². The van der Waals surface area contributed by atoms with E-state index in [2.05, 4.69) is 35.0 Å². The van der Waals surface area contributed by atoms with E-state index < -0.39 is 0 Å². The van der Waals surface area contributed by atoms with Crippen molar-refractivity contribution in [2.75, 3.05) is 0 Å². The number of benzene rings is 1. The number of carbonyl (C=O) groups excluding carboxylic acids is 1. The molecule has 2 aromatic heterocycles. The maximum Gasteiger partial charge on any atom is 0.160 e. The van der Waals surface area contributed by atoms with Gasteiger partial charge in [0, 0.05) is 4.70 Å². The van der Waals surface area contributed by atoms with Crippen molar-refractivity contribution in [3.05, 3.63) is 57.1 Å². The number of aldehydes is 1. The van der Waals surface area contributed by atoms with Crippen molar-refractivity contribution in [1.29, 1.82) is 0 Å². The Morgan fingerprint density at radius 3 is 2.82 bits per heavy atom. The zero-order valence-electron chi connectivity index (χ0n) is 9.05. The molecule has 0 amide bonds. The third-order valence-corrected chi connectivity index (χ3v) is 4.67. The lowest BCUT2D eigenvalue weighted by Gasteiger charge is -1.96. The Bertz CT molecular complexity index is 663. The molecule has 2 heterocycles. The first-order valence-corrected chi connectivity index (χ1v) is 7.10. The van der Waals surface area contributed by atoms with E-state index in [1.807, 2.05) is 6.07 Å². The zero-order chi connectivity index (χ0) is 11.7. The summed E-state index contributed by atoms with van der Waals surface area (Å²) >= 11 is 3.29. The summed E-state index contributed by atoms with van der Waals surface area (Å²) in [5.74, 6) is 0. The second kappa shape index (κ2) is 4.43. The molecule has 0 aliphatic rings.